The molecular weight excluding hydrogens is 204 g/mol. The van der Waals surface area contributed by atoms with E-state index >= 15 is 0 Å². The molecule has 3 aliphatic rings. The minimum Gasteiger partial charge on any atom is -0.298 e. The molecule has 3 unspecified atom stereocenters. The van der Waals surface area contributed by atoms with Crippen molar-refractivity contribution >= 4 is 17.5 Å². The lowest BCUT2D eigenvalue weighted by molar-refractivity contribution is -0.120. The van der Waals surface area contributed by atoms with Crippen molar-refractivity contribution in [2.75, 3.05) is 5.75 Å². The third-order valence-electron chi connectivity index (χ3n) is 4.48. The number of rotatable bonds is 2. The number of hydrogen-bond acceptors (Lipinski definition) is 2. The maximum absolute atomic E-state index is 12.3. The van der Waals surface area contributed by atoms with Crippen molar-refractivity contribution in [1.82, 2.24) is 0 Å². The Kier molecular flexibility index (Phi) is 2.80. The number of hydrogen-bond donors (Lipinski definition) is 0. The van der Waals surface area contributed by atoms with Crippen LogP contribution in [0, 0.1) is 17.8 Å². The third kappa shape index (κ3) is 1.86. The fourth-order valence-electron chi connectivity index (χ4n) is 3.59. The van der Waals surface area contributed by atoms with E-state index in [0.29, 0.717) is 17.0 Å². The van der Waals surface area contributed by atoms with Crippen LogP contribution in [0.1, 0.15) is 44.9 Å². The molecule has 0 aromatic heterocycles. The summed E-state index contributed by atoms with van der Waals surface area (Å²) in [6.45, 7) is 0. The van der Waals surface area contributed by atoms with Crippen LogP contribution in [0.25, 0.3) is 0 Å². The molecule has 0 radical (unpaired) electrons. The molecule has 0 aromatic rings. The van der Waals surface area contributed by atoms with Crippen LogP contribution in [0.2, 0.25) is 0 Å². The Balaban J connectivity index is 1.60. The quantitative estimate of drug-likeness (QED) is 0.716. The lowest BCUT2D eigenvalue weighted by Crippen LogP contribution is -2.23. The summed E-state index contributed by atoms with van der Waals surface area (Å²) >= 11 is 1.94. The maximum atomic E-state index is 12.3. The zero-order chi connectivity index (χ0) is 10.3. The van der Waals surface area contributed by atoms with E-state index in [9.17, 15) is 4.79 Å². The highest BCUT2D eigenvalue weighted by atomic mass is 32.2. The van der Waals surface area contributed by atoms with Crippen LogP contribution in [0.5, 0.6) is 0 Å². The minimum atomic E-state index is 0.384. The lowest BCUT2D eigenvalue weighted by atomic mass is 10.0. The monoisotopic (exact) mass is 224 g/mol. The third-order valence-corrected chi connectivity index (χ3v) is 5.88. The van der Waals surface area contributed by atoms with E-state index in [4.69, 9.17) is 0 Å². The zero-order valence-corrected chi connectivity index (χ0v) is 10.1. The number of carbonyl (C=O) groups is 1. The van der Waals surface area contributed by atoms with Gasteiger partial charge in [0.25, 0.3) is 0 Å². The van der Waals surface area contributed by atoms with Gasteiger partial charge in [0.1, 0.15) is 5.78 Å². The fraction of sp³-hybridized carbons (Fsp3) is 0.923. The fourth-order valence-corrected chi connectivity index (χ4v) is 4.90. The molecule has 0 amide bonds. The van der Waals surface area contributed by atoms with Gasteiger partial charge >= 0.3 is 0 Å². The average Bonchev–Trinajstić information content (AvgIpc) is 3.03. The second kappa shape index (κ2) is 4.12. The van der Waals surface area contributed by atoms with Gasteiger partial charge in [0.05, 0.1) is 5.25 Å². The molecule has 3 fully saturated rings. The van der Waals surface area contributed by atoms with Gasteiger partial charge in [0.2, 0.25) is 0 Å². The standard InChI is InChI=1S/C13H20OS/c14-13(11-7-3-4-8-15-11)12-9-5-1-2-6-10(9)12/h9-12H,1-8H2. The van der Waals surface area contributed by atoms with E-state index in [1.807, 2.05) is 11.8 Å². The van der Waals surface area contributed by atoms with Crippen molar-refractivity contribution in [3.8, 4) is 0 Å². The largest absolute Gasteiger partial charge is 0.298 e. The van der Waals surface area contributed by atoms with E-state index in [1.54, 1.807) is 0 Å². The smallest absolute Gasteiger partial charge is 0.149 e. The van der Waals surface area contributed by atoms with Crippen LogP contribution in [0.4, 0.5) is 0 Å². The van der Waals surface area contributed by atoms with E-state index in [1.165, 1.54) is 50.7 Å². The highest BCUT2D eigenvalue weighted by Crippen LogP contribution is 2.57. The van der Waals surface area contributed by atoms with Crippen LogP contribution in [0.15, 0.2) is 0 Å². The molecule has 1 nitrogen and oxygen atoms in total. The number of fused-ring (bicyclic) bond motifs is 1. The van der Waals surface area contributed by atoms with Crippen LogP contribution in [-0.2, 0) is 4.79 Å². The van der Waals surface area contributed by atoms with Crippen LogP contribution >= 0.6 is 11.8 Å². The summed E-state index contributed by atoms with van der Waals surface area (Å²) < 4.78 is 0. The van der Waals surface area contributed by atoms with Crippen molar-refractivity contribution in [3.63, 3.8) is 0 Å². The molecule has 2 saturated carbocycles. The molecule has 3 atom stereocenters. The molecule has 0 aromatic carbocycles. The van der Waals surface area contributed by atoms with Crippen LogP contribution < -0.4 is 0 Å². The first kappa shape index (κ1) is 10.2. The number of Topliss-reactive ketones (excluding diaryl/α,β-unsaturated/α-hetero) is 1. The van der Waals surface area contributed by atoms with E-state index < -0.39 is 0 Å². The molecule has 1 heterocycles. The SMILES string of the molecule is O=C(C1CCCCS1)C1C2CCCCC21. The Morgan fingerprint density at radius 1 is 0.933 bits per heavy atom. The molecule has 84 valence electrons. The molecule has 1 saturated heterocycles. The first-order chi connectivity index (χ1) is 7.38. The summed E-state index contributed by atoms with van der Waals surface area (Å²) in [4.78, 5) is 12.3. The van der Waals surface area contributed by atoms with Gasteiger partial charge in [-0.15, -0.1) is 0 Å². The normalized spacial score (nSPS) is 44.5. The van der Waals surface area contributed by atoms with Gasteiger partial charge in [-0.1, -0.05) is 19.3 Å². The molecule has 3 rings (SSSR count). The highest BCUT2D eigenvalue weighted by molar-refractivity contribution is 8.00. The summed E-state index contributed by atoms with van der Waals surface area (Å²) in [5.41, 5.74) is 0. The Morgan fingerprint density at radius 2 is 1.60 bits per heavy atom. The summed E-state index contributed by atoms with van der Waals surface area (Å²) in [5.74, 6) is 3.99. The number of thioether (sulfide) groups is 1. The molecule has 15 heavy (non-hydrogen) atoms. The molecule has 2 aliphatic carbocycles. The van der Waals surface area contributed by atoms with Crippen molar-refractivity contribution in [3.05, 3.63) is 0 Å². The van der Waals surface area contributed by atoms with Gasteiger partial charge in [-0.25, -0.2) is 0 Å². The van der Waals surface area contributed by atoms with E-state index in [-0.39, 0.29) is 0 Å². The van der Waals surface area contributed by atoms with Crippen molar-refractivity contribution in [2.45, 2.75) is 50.2 Å². The van der Waals surface area contributed by atoms with Crippen molar-refractivity contribution < 1.29 is 4.79 Å². The second-order valence-corrected chi connectivity index (χ2v) is 6.71. The molecule has 1 aliphatic heterocycles. The topological polar surface area (TPSA) is 17.1 Å². The van der Waals surface area contributed by atoms with Crippen LogP contribution in [0.3, 0.4) is 0 Å². The highest BCUT2D eigenvalue weighted by Gasteiger charge is 2.55. The van der Waals surface area contributed by atoms with Gasteiger partial charge in [-0.2, -0.15) is 11.8 Å². The van der Waals surface area contributed by atoms with E-state index in [0.717, 1.165) is 11.8 Å². The molecule has 0 spiro atoms. The Bertz CT molecular complexity index is 245. The molecule has 0 bridgehead atoms. The Morgan fingerprint density at radius 3 is 2.20 bits per heavy atom. The maximum Gasteiger partial charge on any atom is 0.149 e. The number of carbonyl (C=O) groups excluding carboxylic acids is 1. The summed E-state index contributed by atoms with van der Waals surface area (Å²) in [6, 6.07) is 0. The van der Waals surface area contributed by atoms with E-state index in [2.05, 4.69) is 0 Å². The lowest BCUT2D eigenvalue weighted by Gasteiger charge is -2.20. The van der Waals surface area contributed by atoms with Crippen molar-refractivity contribution in [2.24, 2.45) is 17.8 Å². The summed E-state index contributed by atoms with van der Waals surface area (Å²) in [7, 11) is 0. The Labute approximate surface area is 96.4 Å². The zero-order valence-electron chi connectivity index (χ0n) is 9.28. The number of ketones is 1. The molecular formula is C13H20OS. The first-order valence-corrected chi connectivity index (χ1v) is 7.58. The first-order valence-electron chi connectivity index (χ1n) is 6.53. The second-order valence-electron chi connectivity index (χ2n) is 5.40. The Hall–Kier alpha value is 0.0200. The van der Waals surface area contributed by atoms with Gasteiger partial charge < -0.3 is 0 Å². The van der Waals surface area contributed by atoms with Crippen molar-refractivity contribution in [1.29, 1.82) is 0 Å². The average molecular weight is 224 g/mol. The van der Waals surface area contributed by atoms with Gasteiger partial charge in [-0.3, -0.25) is 4.79 Å². The molecule has 0 N–H and O–H groups in total. The van der Waals surface area contributed by atoms with Gasteiger partial charge in [0, 0.05) is 5.92 Å². The minimum absolute atomic E-state index is 0.384. The van der Waals surface area contributed by atoms with Crippen LogP contribution in [-0.4, -0.2) is 16.8 Å². The predicted octanol–water partition coefficient (Wildman–Crippen LogP) is 3.28. The van der Waals surface area contributed by atoms with Gasteiger partial charge in [-0.05, 0) is 43.3 Å². The summed E-state index contributed by atoms with van der Waals surface area (Å²) in [5, 5.41) is 0.384. The van der Waals surface area contributed by atoms with Gasteiger partial charge in [0.15, 0.2) is 0 Å². The summed E-state index contributed by atoms with van der Waals surface area (Å²) in [6.07, 6.45) is 9.22. The molecule has 2 heteroatoms. The predicted molar refractivity (Wildman–Crippen MR) is 64.0 cm³/mol.